The lowest BCUT2D eigenvalue weighted by Crippen LogP contribution is -2.19. The Morgan fingerprint density at radius 1 is 1.18 bits per heavy atom. The average molecular weight is 316 g/mol. The van der Waals surface area contributed by atoms with Crippen LogP contribution in [0.5, 0.6) is 0 Å². The normalized spacial score (nSPS) is 10.5. The van der Waals surface area contributed by atoms with Crippen LogP contribution in [-0.4, -0.2) is 67.1 Å². The lowest BCUT2D eigenvalue weighted by molar-refractivity contribution is -0.396. The van der Waals surface area contributed by atoms with E-state index in [1.807, 2.05) is 0 Å². The van der Waals surface area contributed by atoms with Crippen LogP contribution in [0.1, 0.15) is 0 Å². The van der Waals surface area contributed by atoms with Gasteiger partial charge in [-0.25, -0.2) is 4.57 Å². The number of rotatable bonds is 14. The Labute approximate surface area is 127 Å². The number of nitro groups is 1. The standard InChI is InChI=1S/C12H20N4O6/c17-11-13-2-5-20-7-9-22-10-8-21-6-4-15-3-1-14-12(15)16(18)19/h1,3,11H,2,4-10H2,(H,13,17). The fourth-order valence-corrected chi connectivity index (χ4v) is 1.54. The van der Waals surface area contributed by atoms with Gasteiger partial charge < -0.3 is 29.6 Å². The van der Waals surface area contributed by atoms with Gasteiger partial charge in [-0.3, -0.25) is 4.79 Å². The zero-order valence-corrected chi connectivity index (χ0v) is 12.2. The van der Waals surface area contributed by atoms with E-state index in [2.05, 4.69) is 10.3 Å². The van der Waals surface area contributed by atoms with Crippen LogP contribution in [0.25, 0.3) is 0 Å². The Morgan fingerprint density at radius 2 is 1.82 bits per heavy atom. The number of nitrogens with zero attached hydrogens (tertiary/aromatic N) is 3. The molecule has 0 fully saturated rings. The molecule has 10 nitrogen and oxygen atoms in total. The van der Waals surface area contributed by atoms with Crippen LogP contribution in [0, 0.1) is 10.1 Å². The summed E-state index contributed by atoms with van der Waals surface area (Å²) in [4.78, 5) is 23.7. The van der Waals surface area contributed by atoms with Gasteiger partial charge in [-0.2, -0.15) is 0 Å². The second kappa shape index (κ2) is 11.6. The van der Waals surface area contributed by atoms with E-state index in [1.54, 1.807) is 0 Å². The van der Waals surface area contributed by atoms with E-state index >= 15 is 0 Å². The van der Waals surface area contributed by atoms with Crippen molar-refractivity contribution in [1.82, 2.24) is 14.9 Å². The number of hydrogen-bond donors (Lipinski definition) is 1. The smallest absolute Gasteiger partial charge is 0.390 e. The summed E-state index contributed by atoms with van der Waals surface area (Å²) in [5.41, 5.74) is 0. The molecule has 0 aliphatic rings. The minimum atomic E-state index is -0.534. The number of carbonyl (C=O) groups is 1. The molecule has 0 unspecified atom stereocenters. The molecule has 10 heteroatoms. The van der Waals surface area contributed by atoms with Gasteiger partial charge in [0.25, 0.3) is 0 Å². The predicted octanol–water partition coefficient (Wildman–Crippen LogP) is -0.413. The first-order valence-corrected chi connectivity index (χ1v) is 6.81. The molecule has 1 aromatic heterocycles. The van der Waals surface area contributed by atoms with Crippen LogP contribution in [0.15, 0.2) is 12.4 Å². The number of carbonyl (C=O) groups excluding carboxylic acids is 1. The molecule has 0 saturated carbocycles. The molecule has 0 spiro atoms. The first-order chi connectivity index (χ1) is 10.8. The van der Waals surface area contributed by atoms with Crippen molar-refractivity contribution < 1.29 is 23.9 Å². The molecular formula is C12H20N4O6. The maximum Gasteiger partial charge on any atom is 0.434 e. The zero-order chi connectivity index (χ0) is 16.0. The monoisotopic (exact) mass is 316 g/mol. The molecule has 22 heavy (non-hydrogen) atoms. The third-order valence-electron chi connectivity index (χ3n) is 2.55. The van der Waals surface area contributed by atoms with Gasteiger partial charge in [0.05, 0.1) is 46.2 Å². The topological polar surface area (TPSA) is 118 Å². The van der Waals surface area contributed by atoms with Gasteiger partial charge in [-0.1, -0.05) is 4.98 Å². The van der Waals surface area contributed by atoms with Crippen molar-refractivity contribution in [3.63, 3.8) is 0 Å². The van der Waals surface area contributed by atoms with Crippen molar-refractivity contribution in [2.75, 3.05) is 46.2 Å². The minimum absolute atomic E-state index is 0.193. The Kier molecular flexibility index (Phi) is 9.50. The largest absolute Gasteiger partial charge is 0.434 e. The van der Waals surface area contributed by atoms with Crippen molar-refractivity contribution >= 4 is 12.4 Å². The number of imidazole rings is 1. The molecule has 1 heterocycles. The summed E-state index contributed by atoms with van der Waals surface area (Å²) < 4.78 is 17.2. The highest BCUT2D eigenvalue weighted by molar-refractivity contribution is 5.45. The molecule has 0 aromatic carbocycles. The van der Waals surface area contributed by atoms with E-state index in [1.165, 1.54) is 17.0 Å². The molecule has 1 N–H and O–H groups in total. The summed E-state index contributed by atoms with van der Waals surface area (Å²) in [7, 11) is 0. The number of hydrogen-bond acceptors (Lipinski definition) is 7. The van der Waals surface area contributed by atoms with Crippen molar-refractivity contribution in [2.24, 2.45) is 0 Å². The van der Waals surface area contributed by atoms with E-state index in [0.717, 1.165) is 0 Å². The van der Waals surface area contributed by atoms with E-state index in [9.17, 15) is 14.9 Å². The van der Waals surface area contributed by atoms with Gasteiger partial charge in [0.2, 0.25) is 6.41 Å². The maximum atomic E-state index is 10.6. The highest BCUT2D eigenvalue weighted by Crippen LogP contribution is 2.06. The van der Waals surface area contributed by atoms with Gasteiger partial charge >= 0.3 is 5.95 Å². The van der Waals surface area contributed by atoms with Crippen LogP contribution >= 0.6 is 0 Å². The van der Waals surface area contributed by atoms with Crippen molar-refractivity contribution in [1.29, 1.82) is 0 Å². The Morgan fingerprint density at radius 3 is 2.45 bits per heavy atom. The summed E-state index contributed by atoms with van der Waals surface area (Å²) in [6.07, 6.45) is 3.54. The molecule has 0 radical (unpaired) electrons. The molecule has 1 aromatic rings. The predicted molar refractivity (Wildman–Crippen MR) is 75.4 cm³/mol. The highest BCUT2D eigenvalue weighted by atomic mass is 16.6. The molecule has 1 rings (SSSR count). The van der Waals surface area contributed by atoms with Crippen LogP contribution in [0.2, 0.25) is 0 Å². The number of ether oxygens (including phenoxy) is 3. The Bertz CT molecular complexity index is 439. The Balaban J connectivity index is 1.90. The lowest BCUT2D eigenvalue weighted by Gasteiger charge is -2.06. The van der Waals surface area contributed by atoms with Gasteiger partial charge in [-0.05, 0) is 4.92 Å². The average Bonchev–Trinajstić information content (AvgIpc) is 2.97. The fraction of sp³-hybridized carbons (Fsp3) is 0.667. The second-order valence-electron chi connectivity index (χ2n) is 4.09. The summed E-state index contributed by atoms with van der Waals surface area (Å²) in [6.45, 7) is 3.34. The first-order valence-electron chi connectivity index (χ1n) is 6.81. The molecule has 0 aliphatic carbocycles. The summed E-state index contributed by atoms with van der Waals surface area (Å²) >= 11 is 0. The summed E-state index contributed by atoms with van der Waals surface area (Å²) in [5, 5.41) is 13.1. The van der Waals surface area contributed by atoms with Crippen molar-refractivity contribution in [3.8, 4) is 0 Å². The molecule has 0 bridgehead atoms. The highest BCUT2D eigenvalue weighted by Gasteiger charge is 2.12. The van der Waals surface area contributed by atoms with Crippen LogP contribution in [0.4, 0.5) is 5.95 Å². The molecule has 0 aliphatic heterocycles. The quantitative estimate of drug-likeness (QED) is 0.214. The van der Waals surface area contributed by atoms with Gasteiger partial charge in [-0.15, -0.1) is 0 Å². The maximum absolute atomic E-state index is 10.6. The molecule has 0 saturated heterocycles. The third-order valence-corrected chi connectivity index (χ3v) is 2.55. The van der Waals surface area contributed by atoms with Crippen LogP contribution in [0.3, 0.4) is 0 Å². The van der Waals surface area contributed by atoms with E-state index in [0.29, 0.717) is 59.1 Å². The van der Waals surface area contributed by atoms with Crippen LogP contribution in [-0.2, 0) is 25.5 Å². The second-order valence-corrected chi connectivity index (χ2v) is 4.09. The number of aromatic nitrogens is 2. The SMILES string of the molecule is O=CNCCOCCOCCOCCn1ccnc1[N+](=O)[O-]. The molecule has 0 atom stereocenters. The first kappa shape index (κ1) is 18.0. The fourth-order valence-electron chi connectivity index (χ4n) is 1.54. The van der Waals surface area contributed by atoms with E-state index in [-0.39, 0.29) is 5.95 Å². The van der Waals surface area contributed by atoms with E-state index < -0.39 is 4.92 Å². The third kappa shape index (κ3) is 7.67. The van der Waals surface area contributed by atoms with E-state index in [4.69, 9.17) is 14.2 Å². The molecular weight excluding hydrogens is 296 g/mol. The lowest BCUT2D eigenvalue weighted by atomic mass is 10.6. The van der Waals surface area contributed by atoms with Gasteiger partial charge in [0.15, 0.2) is 0 Å². The minimum Gasteiger partial charge on any atom is -0.390 e. The molecule has 124 valence electrons. The zero-order valence-electron chi connectivity index (χ0n) is 12.2. The van der Waals surface area contributed by atoms with Gasteiger partial charge in [0.1, 0.15) is 12.4 Å². The van der Waals surface area contributed by atoms with Crippen molar-refractivity contribution in [3.05, 3.63) is 22.5 Å². The summed E-state index contributed by atoms with van der Waals surface area (Å²) in [6, 6.07) is 0. The number of amides is 1. The summed E-state index contributed by atoms with van der Waals surface area (Å²) in [5.74, 6) is -0.193. The van der Waals surface area contributed by atoms with Crippen LogP contribution < -0.4 is 5.32 Å². The van der Waals surface area contributed by atoms with Gasteiger partial charge in [0, 0.05) is 6.54 Å². The van der Waals surface area contributed by atoms with Crippen molar-refractivity contribution in [2.45, 2.75) is 6.54 Å². The Hall–Kier alpha value is -2.04. The molecule has 1 amide bonds. The number of nitrogens with one attached hydrogen (secondary N) is 1.